The van der Waals surface area contributed by atoms with Crippen LogP contribution in [0, 0.1) is 0 Å². The highest BCUT2D eigenvalue weighted by Gasteiger charge is 2.13. The van der Waals surface area contributed by atoms with Gasteiger partial charge < -0.3 is 5.32 Å². The van der Waals surface area contributed by atoms with Gasteiger partial charge >= 0.3 is 0 Å². The molecule has 0 heterocycles. The molecule has 2 aromatic rings. The van der Waals surface area contributed by atoms with Crippen LogP contribution in [0.4, 0.5) is 0 Å². The Bertz CT molecular complexity index is 495. The molecular weight excluding hydrogens is 230 g/mol. The first-order valence-corrected chi connectivity index (χ1v) is 7.29. The minimum atomic E-state index is 0.744. The molecule has 1 nitrogen and oxygen atoms in total. The highest BCUT2D eigenvalue weighted by Crippen LogP contribution is 2.20. The van der Waals surface area contributed by atoms with Crippen molar-refractivity contribution in [3.63, 3.8) is 0 Å². The first-order chi connectivity index (χ1) is 9.42. The predicted octanol–water partition coefficient (Wildman–Crippen LogP) is 4.39. The zero-order valence-corrected chi connectivity index (χ0v) is 11.3. The summed E-state index contributed by atoms with van der Waals surface area (Å²) in [6, 6.07) is 20.2. The molecule has 0 aliphatic heterocycles. The highest BCUT2D eigenvalue weighted by atomic mass is 14.9. The van der Waals surface area contributed by atoms with Crippen LogP contribution >= 0.6 is 0 Å². The molecule has 2 aromatic carbocycles. The van der Waals surface area contributed by atoms with Gasteiger partial charge in [-0.3, -0.25) is 0 Å². The zero-order valence-electron chi connectivity index (χ0n) is 11.3. The van der Waals surface area contributed by atoms with Crippen LogP contribution in [0.1, 0.15) is 31.2 Å². The molecule has 98 valence electrons. The summed E-state index contributed by atoms with van der Waals surface area (Å²) < 4.78 is 0. The maximum atomic E-state index is 3.66. The highest BCUT2D eigenvalue weighted by molar-refractivity contribution is 5.63. The third-order valence-corrected chi connectivity index (χ3v) is 4.01. The largest absolute Gasteiger partial charge is 0.310 e. The normalized spacial score (nSPS) is 15.8. The molecule has 0 bridgehead atoms. The van der Waals surface area contributed by atoms with Crippen molar-refractivity contribution >= 4 is 0 Å². The summed E-state index contributed by atoms with van der Waals surface area (Å²) in [4.78, 5) is 0. The van der Waals surface area contributed by atoms with Crippen LogP contribution in [-0.2, 0) is 6.54 Å². The van der Waals surface area contributed by atoms with E-state index in [2.05, 4.69) is 59.9 Å². The van der Waals surface area contributed by atoms with Gasteiger partial charge in [-0.25, -0.2) is 0 Å². The van der Waals surface area contributed by atoms with E-state index in [-0.39, 0.29) is 0 Å². The molecule has 0 aromatic heterocycles. The van der Waals surface area contributed by atoms with E-state index in [0.717, 1.165) is 12.6 Å². The molecule has 0 unspecified atom stereocenters. The molecule has 0 radical (unpaired) electrons. The van der Waals surface area contributed by atoms with Crippen LogP contribution < -0.4 is 5.32 Å². The van der Waals surface area contributed by atoms with Gasteiger partial charge in [-0.1, -0.05) is 67.4 Å². The third kappa shape index (κ3) is 3.24. The lowest BCUT2D eigenvalue weighted by atomic mass is 10.0. The topological polar surface area (TPSA) is 12.0 Å². The fourth-order valence-electron chi connectivity index (χ4n) is 2.84. The number of nitrogens with one attached hydrogen (secondary N) is 1. The standard InChI is InChI=1S/C18H21N/c1-2-6-16(7-3-1)17-12-10-15(11-13-17)14-19-18-8-4-5-9-18/h1-3,6-7,10-13,18-19H,4-5,8-9,14H2. The molecule has 0 atom stereocenters. The minimum absolute atomic E-state index is 0.744. The molecule has 1 heteroatoms. The molecule has 1 saturated carbocycles. The van der Waals surface area contributed by atoms with E-state index in [1.165, 1.54) is 42.4 Å². The Morgan fingerprint density at radius 1 is 0.789 bits per heavy atom. The molecular formula is C18H21N. The summed E-state index contributed by atoms with van der Waals surface area (Å²) in [7, 11) is 0. The lowest BCUT2D eigenvalue weighted by Gasteiger charge is -2.12. The smallest absolute Gasteiger partial charge is 0.0208 e. The zero-order chi connectivity index (χ0) is 12.9. The van der Waals surface area contributed by atoms with Crippen molar-refractivity contribution in [2.24, 2.45) is 0 Å². The number of benzene rings is 2. The van der Waals surface area contributed by atoms with Gasteiger partial charge in [0.2, 0.25) is 0 Å². The van der Waals surface area contributed by atoms with Crippen LogP contribution in [0.15, 0.2) is 54.6 Å². The molecule has 0 amide bonds. The molecule has 3 rings (SSSR count). The second-order valence-corrected chi connectivity index (χ2v) is 5.43. The summed E-state index contributed by atoms with van der Waals surface area (Å²) in [5, 5.41) is 3.66. The van der Waals surface area contributed by atoms with Crippen LogP contribution in [0.3, 0.4) is 0 Å². The van der Waals surface area contributed by atoms with Gasteiger partial charge in [-0.05, 0) is 29.5 Å². The molecule has 1 fully saturated rings. The molecule has 19 heavy (non-hydrogen) atoms. The summed E-state index contributed by atoms with van der Waals surface area (Å²) in [6.45, 7) is 1.000. The molecule has 0 spiro atoms. The van der Waals surface area contributed by atoms with Gasteiger partial charge in [0.05, 0.1) is 0 Å². The van der Waals surface area contributed by atoms with Crippen molar-refractivity contribution in [3.05, 3.63) is 60.2 Å². The molecule has 0 saturated heterocycles. The Balaban J connectivity index is 1.62. The maximum absolute atomic E-state index is 3.66. The second kappa shape index (κ2) is 6.03. The van der Waals surface area contributed by atoms with E-state index in [0.29, 0.717) is 0 Å². The molecule has 1 N–H and O–H groups in total. The third-order valence-electron chi connectivity index (χ3n) is 4.01. The minimum Gasteiger partial charge on any atom is -0.310 e. The van der Waals surface area contributed by atoms with E-state index in [9.17, 15) is 0 Å². The SMILES string of the molecule is c1ccc(-c2ccc(CNC3CCCC3)cc2)cc1. The van der Waals surface area contributed by atoms with Crippen molar-refractivity contribution in [3.8, 4) is 11.1 Å². The van der Waals surface area contributed by atoms with E-state index < -0.39 is 0 Å². The van der Waals surface area contributed by atoms with Gasteiger partial charge in [-0.15, -0.1) is 0 Å². The van der Waals surface area contributed by atoms with Gasteiger partial charge in [-0.2, -0.15) is 0 Å². The fourth-order valence-corrected chi connectivity index (χ4v) is 2.84. The van der Waals surface area contributed by atoms with Gasteiger partial charge in [0.15, 0.2) is 0 Å². The van der Waals surface area contributed by atoms with Crippen molar-refractivity contribution in [1.82, 2.24) is 5.32 Å². The first kappa shape index (κ1) is 12.4. The monoisotopic (exact) mass is 251 g/mol. The summed E-state index contributed by atoms with van der Waals surface area (Å²) in [5.41, 5.74) is 3.97. The van der Waals surface area contributed by atoms with E-state index in [1.54, 1.807) is 0 Å². The van der Waals surface area contributed by atoms with E-state index in [4.69, 9.17) is 0 Å². The van der Waals surface area contributed by atoms with Crippen molar-refractivity contribution in [2.75, 3.05) is 0 Å². The summed E-state index contributed by atoms with van der Waals surface area (Å²) in [6.07, 6.45) is 5.49. The van der Waals surface area contributed by atoms with Crippen LogP contribution in [0.25, 0.3) is 11.1 Å². The quantitative estimate of drug-likeness (QED) is 0.850. The van der Waals surface area contributed by atoms with Crippen molar-refractivity contribution in [1.29, 1.82) is 0 Å². The van der Waals surface area contributed by atoms with Crippen LogP contribution in [-0.4, -0.2) is 6.04 Å². The Morgan fingerprint density at radius 3 is 2.11 bits per heavy atom. The van der Waals surface area contributed by atoms with Crippen molar-refractivity contribution in [2.45, 2.75) is 38.3 Å². The Hall–Kier alpha value is -1.60. The maximum Gasteiger partial charge on any atom is 0.0208 e. The van der Waals surface area contributed by atoms with Gasteiger partial charge in [0.25, 0.3) is 0 Å². The Morgan fingerprint density at radius 2 is 1.42 bits per heavy atom. The predicted molar refractivity (Wildman–Crippen MR) is 81.0 cm³/mol. The van der Waals surface area contributed by atoms with E-state index >= 15 is 0 Å². The van der Waals surface area contributed by atoms with Crippen molar-refractivity contribution < 1.29 is 0 Å². The lowest BCUT2D eigenvalue weighted by Crippen LogP contribution is -2.25. The van der Waals surface area contributed by atoms with Crippen LogP contribution in [0.5, 0.6) is 0 Å². The van der Waals surface area contributed by atoms with Gasteiger partial charge in [0.1, 0.15) is 0 Å². The average Bonchev–Trinajstić information content (AvgIpc) is 3.00. The molecule has 1 aliphatic carbocycles. The average molecular weight is 251 g/mol. The van der Waals surface area contributed by atoms with Crippen LogP contribution in [0.2, 0.25) is 0 Å². The lowest BCUT2D eigenvalue weighted by molar-refractivity contribution is 0.524. The second-order valence-electron chi connectivity index (χ2n) is 5.43. The Kier molecular flexibility index (Phi) is 3.95. The summed E-state index contributed by atoms with van der Waals surface area (Å²) in [5.74, 6) is 0. The number of hydrogen-bond donors (Lipinski definition) is 1. The number of hydrogen-bond acceptors (Lipinski definition) is 1. The molecule has 1 aliphatic rings. The van der Waals surface area contributed by atoms with Gasteiger partial charge in [0, 0.05) is 12.6 Å². The fraction of sp³-hybridized carbons (Fsp3) is 0.333. The summed E-state index contributed by atoms with van der Waals surface area (Å²) >= 11 is 0. The Labute approximate surface area is 115 Å². The first-order valence-electron chi connectivity index (χ1n) is 7.29. The number of rotatable bonds is 4. The van der Waals surface area contributed by atoms with E-state index in [1.807, 2.05) is 0 Å².